The van der Waals surface area contributed by atoms with Gasteiger partial charge in [0.05, 0.1) is 36.1 Å². The van der Waals surface area contributed by atoms with E-state index < -0.39 is 5.82 Å². The van der Waals surface area contributed by atoms with Gasteiger partial charge in [-0.1, -0.05) is 5.21 Å². The van der Waals surface area contributed by atoms with Crippen LogP contribution in [0.1, 0.15) is 48.2 Å². The second kappa shape index (κ2) is 9.09. The molecule has 176 valence electrons. The maximum atomic E-state index is 13.9. The van der Waals surface area contributed by atoms with Crippen molar-refractivity contribution in [3.05, 3.63) is 41.5 Å². The fraction of sp³-hybridized carbons (Fsp3) is 0.565. The maximum Gasteiger partial charge on any atom is 0.255 e. The first kappa shape index (κ1) is 21.8. The minimum Gasteiger partial charge on any atom is -0.491 e. The van der Waals surface area contributed by atoms with E-state index in [1.54, 1.807) is 4.68 Å². The van der Waals surface area contributed by atoms with E-state index in [1.807, 2.05) is 11.1 Å². The van der Waals surface area contributed by atoms with Gasteiger partial charge in [0.1, 0.15) is 18.2 Å². The number of aryl methyl sites for hydroxylation is 1. The second-order valence-corrected chi connectivity index (χ2v) is 9.06. The Balaban J connectivity index is 1.36. The zero-order chi connectivity index (χ0) is 22.8. The molecule has 4 aliphatic rings. The first-order valence-electron chi connectivity index (χ1n) is 11.5. The molecule has 2 saturated heterocycles. The Morgan fingerprint density at radius 3 is 2.85 bits per heavy atom. The van der Waals surface area contributed by atoms with Crippen LogP contribution in [-0.2, 0) is 22.5 Å². The van der Waals surface area contributed by atoms with Crippen molar-refractivity contribution < 1.29 is 23.5 Å². The predicted octanol–water partition coefficient (Wildman–Crippen LogP) is 1.71. The van der Waals surface area contributed by atoms with Crippen molar-refractivity contribution in [2.75, 3.05) is 26.3 Å². The molecule has 1 aromatic carbocycles. The summed E-state index contributed by atoms with van der Waals surface area (Å²) in [5.74, 6) is -0.412. The van der Waals surface area contributed by atoms with Gasteiger partial charge in [-0.3, -0.25) is 9.59 Å². The quantitative estimate of drug-likeness (QED) is 0.647. The number of hydrogen-bond donors (Lipinski definition) is 1. The number of carbonyl (C=O) groups is 2. The highest BCUT2D eigenvalue weighted by Crippen LogP contribution is 2.36. The minimum atomic E-state index is -0.501. The molecule has 33 heavy (non-hydrogen) atoms. The standard InChI is InChI=1S/C23H28FN5O4/c24-16-4-5-20-19(12-16)22(31)25-18-13-23(33-15-18)6-8-28(9-7-23)21(30)3-1-2-17-14-29(27-26-17)10-11-32-20/h4-5,12,14,18H,1-3,6-11,13,15H2,(H,25,31). The summed E-state index contributed by atoms with van der Waals surface area (Å²) >= 11 is 0. The number of benzene rings is 1. The Kier molecular flexibility index (Phi) is 6.01. The summed E-state index contributed by atoms with van der Waals surface area (Å²) in [6, 6.07) is 3.78. The number of fused-ring (bicyclic) bond motifs is 8. The van der Waals surface area contributed by atoms with Gasteiger partial charge in [-0.05, 0) is 50.3 Å². The fourth-order valence-electron chi connectivity index (χ4n) is 4.91. The third-order valence-corrected chi connectivity index (χ3v) is 6.75. The van der Waals surface area contributed by atoms with E-state index in [0.717, 1.165) is 25.0 Å². The van der Waals surface area contributed by atoms with E-state index in [4.69, 9.17) is 9.47 Å². The third kappa shape index (κ3) is 4.85. The van der Waals surface area contributed by atoms with Crippen molar-refractivity contribution in [3.8, 4) is 5.75 Å². The van der Waals surface area contributed by atoms with E-state index in [9.17, 15) is 14.0 Å². The molecule has 9 nitrogen and oxygen atoms in total. The molecular weight excluding hydrogens is 429 g/mol. The Morgan fingerprint density at radius 1 is 1.15 bits per heavy atom. The van der Waals surface area contributed by atoms with Crippen molar-refractivity contribution >= 4 is 11.8 Å². The lowest BCUT2D eigenvalue weighted by Gasteiger charge is -2.38. The monoisotopic (exact) mass is 457 g/mol. The Labute approximate surface area is 191 Å². The number of aromatic nitrogens is 3. The molecule has 0 saturated carbocycles. The summed E-state index contributed by atoms with van der Waals surface area (Å²) in [7, 11) is 0. The largest absolute Gasteiger partial charge is 0.491 e. The molecule has 10 heteroatoms. The van der Waals surface area contributed by atoms with Crippen molar-refractivity contribution in [1.29, 1.82) is 0 Å². The molecule has 2 aromatic rings. The van der Waals surface area contributed by atoms with Crippen molar-refractivity contribution in [2.24, 2.45) is 0 Å². The topological polar surface area (TPSA) is 98.6 Å². The van der Waals surface area contributed by atoms with Crippen LogP contribution in [0.5, 0.6) is 5.75 Å². The van der Waals surface area contributed by atoms with Crippen LogP contribution in [0.25, 0.3) is 0 Å². The molecule has 5 bridgehead atoms. The average molecular weight is 458 g/mol. The predicted molar refractivity (Wildman–Crippen MR) is 115 cm³/mol. The van der Waals surface area contributed by atoms with Gasteiger partial charge in [-0.15, -0.1) is 5.10 Å². The number of carbonyl (C=O) groups excluding carboxylic acids is 2. The second-order valence-electron chi connectivity index (χ2n) is 9.06. The van der Waals surface area contributed by atoms with Crippen LogP contribution >= 0.6 is 0 Å². The normalized spacial score (nSPS) is 26.5. The van der Waals surface area contributed by atoms with Crippen LogP contribution in [0.2, 0.25) is 0 Å². The molecule has 2 fully saturated rings. The Bertz CT molecular complexity index is 1030. The van der Waals surface area contributed by atoms with Crippen LogP contribution in [-0.4, -0.2) is 69.7 Å². The van der Waals surface area contributed by atoms with Gasteiger partial charge in [0.25, 0.3) is 5.91 Å². The number of amides is 2. The van der Waals surface area contributed by atoms with E-state index in [2.05, 4.69) is 15.6 Å². The lowest BCUT2D eigenvalue weighted by Crippen LogP contribution is -2.47. The summed E-state index contributed by atoms with van der Waals surface area (Å²) in [5.41, 5.74) is 0.655. The Hall–Kier alpha value is -3.01. The average Bonchev–Trinajstić information content (AvgIpc) is 3.41. The van der Waals surface area contributed by atoms with Gasteiger partial charge in [0.2, 0.25) is 5.91 Å². The van der Waals surface area contributed by atoms with E-state index in [0.29, 0.717) is 51.3 Å². The number of piperidine rings is 1. The molecule has 6 rings (SSSR count). The van der Waals surface area contributed by atoms with Gasteiger partial charge in [-0.2, -0.15) is 0 Å². The third-order valence-electron chi connectivity index (χ3n) is 6.75. The summed E-state index contributed by atoms with van der Waals surface area (Å²) in [6.45, 7) is 2.38. The molecule has 0 radical (unpaired) electrons. The molecule has 1 aromatic heterocycles. The van der Waals surface area contributed by atoms with Gasteiger partial charge in [-0.25, -0.2) is 9.07 Å². The van der Waals surface area contributed by atoms with Crippen molar-refractivity contribution in [2.45, 2.75) is 56.7 Å². The first-order chi connectivity index (χ1) is 16.0. The lowest BCUT2D eigenvalue weighted by atomic mass is 9.87. The molecule has 0 aliphatic carbocycles. The van der Waals surface area contributed by atoms with E-state index in [-0.39, 0.29) is 35.6 Å². The first-order valence-corrected chi connectivity index (χ1v) is 11.5. The smallest absolute Gasteiger partial charge is 0.255 e. The molecule has 1 spiro atoms. The summed E-state index contributed by atoms with van der Waals surface area (Å²) in [4.78, 5) is 27.5. The zero-order valence-electron chi connectivity index (χ0n) is 18.5. The SMILES string of the molecule is O=C1NC2COC3(CCN(CC3)C(=O)CCCc3cn(nn3)CCOc3ccc(F)cc31)C2. The molecule has 5 heterocycles. The minimum absolute atomic E-state index is 0.154. The van der Waals surface area contributed by atoms with Crippen LogP contribution in [0, 0.1) is 5.82 Å². The van der Waals surface area contributed by atoms with E-state index >= 15 is 0 Å². The highest BCUT2D eigenvalue weighted by molar-refractivity contribution is 5.97. The lowest BCUT2D eigenvalue weighted by molar-refractivity contribution is -0.136. The Morgan fingerprint density at radius 2 is 2.00 bits per heavy atom. The van der Waals surface area contributed by atoms with Crippen LogP contribution < -0.4 is 10.1 Å². The molecular formula is C23H28FN5O4. The van der Waals surface area contributed by atoms with Crippen LogP contribution in [0.3, 0.4) is 0 Å². The molecule has 1 unspecified atom stereocenters. The molecule has 2 amide bonds. The van der Waals surface area contributed by atoms with Gasteiger partial charge >= 0.3 is 0 Å². The number of ether oxygens (including phenoxy) is 2. The van der Waals surface area contributed by atoms with Crippen molar-refractivity contribution in [3.63, 3.8) is 0 Å². The van der Waals surface area contributed by atoms with E-state index in [1.165, 1.54) is 18.2 Å². The van der Waals surface area contributed by atoms with Crippen molar-refractivity contribution in [1.82, 2.24) is 25.2 Å². The highest BCUT2D eigenvalue weighted by atomic mass is 19.1. The van der Waals surface area contributed by atoms with Gasteiger partial charge in [0.15, 0.2) is 0 Å². The van der Waals surface area contributed by atoms with Crippen LogP contribution in [0.4, 0.5) is 4.39 Å². The van der Waals surface area contributed by atoms with Gasteiger partial charge in [0, 0.05) is 25.7 Å². The summed E-state index contributed by atoms with van der Waals surface area (Å²) < 4.78 is 27.5. The maximum absolute atomic E-state index is 13.9. The zero-order valence-corrected chi connectivity index (χ0v) is 18.5. The number of nitrogens with one attached hydrogen (secondary N) is 1. The van der Waals surface area contributed by atoms with Gasteiger partial charge < -0.3 is 19.7 Å². The highest BCUT2D eigenvalue weighted by Gasteiger charge is 2.43. The fourth-order valence-corrected chi connectivity index (χ4v) is 4.91. The summed E-state index contributed by atoms with van der Waals surface area (Å²) in [6.07, 6.45) is 5.89. The summed E-state index contributed by atoms with van der Waals surface area (Å²) in [5, 5.41) is 11.3. The molecule has 1 atom stereocenters. The molecule has 4 aliphatic heterocycles. The number of halogens is 1. The number of nitrogens with zero attached hydrogens (tertiary/aromatic N) is 4. The van der Waals surface area contributed by atoms with Crippen LogP contribution in [0.15, 0.2) is 24.4 Å². The molecule has 1 N–H and O–H groups in total. The number of hydrogen-bond acceptors (Lipinski definition) is 6. The number of rotatable bonds is 0.